The Hall–Kier alpha value is -2.01. The third-order valence-corrected chi connectivity index (χ3v) is 6.38. The highest BCUT2D eigenvalue weighted by Gasteiger charge is 2.22. The summed E-state index contributed by atoms with van der Waals surface area (Å²) < 4.78 is 0. The van der Waals surface area contributed by atoms with Crippen molar-refractivity contribution in [2.24, 2.45) is 0 Å². The molecule has 2 aromatic carbocycles. The van der Waals surface area contributed by atoms with Crippen LogP contribution in [0.4, 0.5) is 5.69 Å². The molecule has 3 aromatic rings. The normalized spacial score (nSPS) is 19.6. The van der Waals surface area contributed by atoms with Crippen molar-refractivity contribution in [2.45, 2.75) is 37.8 Å². The maximum Gasteiger partial charge on any atom is 0.152 e. The molecule has 151 valence electrons. The molecule has 0 bridgehead atoms. The van der Waals surface area contributed by atoms with Crippen molar-refractivity contribution in [3.05, 3.63) is 52.6 Å². The molecule has 0 atom stereocenters. The fraction of sp³-hybridized carbons (Fsp3) is 0.348. The van der Waals surface area contributed by atoms with Crippen molar-refractivity contribution in [2.75, 3.05) is 19.4 Å². The molecular weight excluding hydrogens is 405 g/mol. The summed E-state index contributed by atoms with van der Waals surface area (Å²) in [6.07, 6.45) is 6.41. The Balaban J connectivity index is 1.63. The minimum atomic E-state index is -0.0939. The predicted octanol–water partition coefficient (Wildman–Crippen LogP) is 6.00. The number of hydrogen-bond acceptors (Lipinski definition) is 4. The number of fused-ring (bicyclic) bond motifs is 1. The molecule has 1 aliphatic rings. The van der Waals surface area contributed by atoms with E-state index in [0.29, 0.717) is 12.1 Å². The van der Waals surface area contributed by atoms with Gasteiger partial charge in [0.05, 0.1) is 21.2 Å². The smallest absolute Gasteiger partial charge is 0.152 e. The van der Waals surface area contributed by atoms with E-state index in [0.717, 1.165) is 40.6 Å². The van der Waals surface area contributed by atoms with Crippen LogP contribution in [0.15, 0.2) is 36.5 Å². The molecule has 0 spiro atoms. The molecule has 1 radical (unpaired) electrons. The molecule has 4 nitrogen and oxygen atoms in total. The van der Waals surface area contributed by atoms with Crippen LogP contribution in [-0.2, 0) is 0 Å². The highest BCUT2D eigenvalue weighted by Crippen LogP contribution is 2.37. The van der Waals surface area contributed by atoms with Gasteiger partial charge in [-0.15, -0.1) is 0 Å². The second kappa shape index (κ2) is 8.39. The van der Waals surface area contributed by atoms with Crippen LogP contribution in [-0.4, -0.2) is 41.2 Å². The van der Waals surface area contributed by atoms with E-state index in [2.05, 4.69) is 41.4 Å². The van der Waals surface area contributed by atoms with Crippen LogP contribution in [0.1, 0.15) is 25.7 Å². The second-order valence-electron chi connectivity index (χ2n) is 7.91. The van der Waals surface area contributed by atoms with Gasteiger partial charge in [-0.05, 0) is 75.2 Å². The zero-order valence-electron chi connectivity index (χ0n) is 16.5. The monoisotopic (exact) mass is 428 g/mol. The minimum absolute atomic E-state index is 0.0939. The zero-order chi connectivity index (χ0) is 20.5. The number of rotatable bonds is 4. The number of anilines is 1. The summed E-state index contributed by atoms with van der Waals surface area (Å²) in [5.74, 6) is -0.0939. The van der Waals surface area contributed by atoms with E-state index in [1.165, 1.54) is 12.8 Å². The molecule has 0 unspecified atom stereocenters. The summed E-state index contributed by atoms with van der Waals surface area (Å²) in [5, 5.41) is 15.0. The Bertz CT molecular complexity index is 1010. The van der Waals surface area contributed by atoms with E-state index in [1.54, 1.807) is 18.3 Å². The second-order valence-corrected chi connectivity index (χ2v) is 8.73. The minimum Gasteiger partial charge on any atom is -0.505 e. The lowest BCUT2D eigenvalue weighted by molar-refractivity contribution is 0.221. The molecule has 2 N–H and O–H groups in total. The lowest BCUT2D eigenvalue weighted by atomic mass is 9.90. The number of benzene rings is 2. The molecule has 29 heavy (non-hydrogen) atoms. The molecular formula is C23H24Cl2N3O. The fourth-order valence-electron chi connectivity index (χ4n) is 4.06. The first kappa shape index (κ1) is 20.3. The van der Waals surface area contributed by atoms with Gasteiger partial charge >= 0.3 is 0 Å². The number of phenols is 1. The van der Waals surface area contributed by atoms with Crippen molar-refractivity contribution in [1.29, 1.82) is 0 Å². The van der Waals surface area contributed by atoms with Crippen molar-refractivity contribution >= 4 is 39.8 Å². The number of aromatic hydroxyl groups is 1. The Labute approximate surface area is 181 Å². The van der Waals surface area contributed by atoms with Crippen molar-refractivity contribution in [3.63, 3.8) is 0 Å². The maximum absolute atomic E-state index is 9.84. The SMILES string of the molecule is CN(C)C1CCC(Nc2[c]cnc3ccc(-c4cc(Cl)c(O)c(Cl)c4)cc23)CC1. The van der Waals surface area contributed by atoms with Gasteiger partial charge in [0.2, 0.25) is 0 Å². The van der Waals surface area contributed by atoms with E-state index >= 15 is 0 Å². The summed E-state index contributed by atoms with van der Waals surface area (Å²) in [5.41, 5.74) is 3.69. The predicted molar refractivity (Wildman–Crippen MR) is 121 cm³/mol. The van der Waals surface area contributed by atoms with E-state index in [9.17, 15) is 5.11 Å². The number of pyridine rings is 1. The van der Waals surface area contributed by atoms with Gasteiger partial charge in [-0.1, -0.05) is 29.3 Å². The van der Waals surface area contributed by atoms with Crippen LogP contribution in [0, 0.1) is 6.07 Å². The fourth-order valence-corrected chi connectivity index (χ4v) is 4.55. The van der Waals surface area contributed by atoms with Gasteiger partial charge in [-0.2, -0.15) is 0 Å². The third kappa shape index (κ3) is 4.30. The van der Waals surface area contributed by atoms with E-state index in [4.69, 9.17) is 23.2 Å². The standard InChI is InChI=1S/C23H24Cl2N3O/c1-28(2)17-6-4-16(5-7-17)27-22-9-10-26-21-8-3-14(11-18(21)22)15-12-19(24)23(29)20(25)13-15/h3,8,10-13,16-17,29H,4-7H2,1-2H3,(H,26,27). The molecule has 0 aliphatic heterocycles. The number of phenolic OH excluding ortho intramolecular Hbond substituents is 1. The first-order chi connectivity index (χ1) is 13.9. The quantitative estimate of drug-likeness (QED) is 0.534. The van der Waals surface area contributed by atoms with Gasteiger partial charge < -0.3 is 15.3 Å². The molecule has 0 saturated heterocycles. The molecule has 0 amide bonds. The van der Waals surface area contributed by atoms with Gasteiger partial charge in [0.15, 0.2) is 5.75 Å². The zero-order valence-corrected chi connectivity index (χ0v) is 18.1. The van der Waals surface area contributed by atoms with Gasteiger partial charge in [0, 0.05) is 29.7 Å². The van der Waals surface area contributed by atoms with Crippen LogP contribution < -0.4 is 5.32 Å². The number of halogens is 2. The highest BCUT2D eigenvalue weighted by molar-refractivity contribution is 6.37. The van der Waals surface area contributed by atoms with Gasteiger partial charge in [-0.3, -0.25) is 4.98 Å². The van der Waals surface area contributed by atoms with E-state index in [-0.39, 0.29) is 15.8 Å². The summed E-state index contributed by atoms with van der Waals surface area (Å²) in [7, 11) is 4.32. The summed E-state index contributed by atoms with van der Waals surface area (Å²) in [6.45, 7) is 0. The van der Waals surface area contributed by atoms with E-state index in [1.807, 2.05) is 12.1 Å². The average molecular weight is 429 g/mol. The van der Waals surface area contributed by atoms with Crippen molar-refractivity contribution < 1.29 is 5.11 Å². The molecule has 1 aliphatic carbocycles. The molecule has 6 heteroatoms. The number of aromatic nitrogens is 1. The van der Waals surface area contributed by atoms with Crippen LogP contribution in [0.2, 0.25) is 10.0 Å². The number of nitrogens with zero attached hydrogens (tertiary/aromatic N) is 2. The van der Waals surface area contributed by atoms with Crippen LogP contribution in [0.5, 0.6) is 5.75 Å². The summed E-state index contributed by atoms with van der Waals surface area (Å²) >= 11 is 12.2. The molecule has 1 aromatic heterocycles. The Morgan fingerprint density at radius 1 is 1.03 bits per heavy atom. The molecule has 1 fully saturated rings. The van der Waals surface area contributed by atoms with Gasteiger partial charge in [0.25, 0.3) is 0 Å². The van der Waals surface area contributed by atoms with Crippen LogP contribution in [0.3, 0.4) is 0 Å². The maximum atomic E-state index is 9.84. The first-order valence-corrected chi connectivity index (χ1v) is 10.6. The summed E-state index contributed by atoms with van der Waals surface area (Å²) in [6, 6.07) is 13.9. The molecule has 1 heterocycles. The van der Waals surface area contributed by atoms with Gasteiger partial charge in [-0.25, -0.2) is 0 Å². The Morgan fingerprint density at radius 2 is 1.72 bits per heavy atom. The lowest BCUT2D eigenvalue weighted by Crippen LogP contribution is -2.36. The lowest BCUT2D eigenvalue weighted by Gasteiger charge is -2.33. The largest absolute Gasteiger partial charge is 0.505 e. The first-order valence-electron chi connectivity index (χ1n) is 9.84. The Kier molecular flexibility index (Phi) is 5.86. The topological polar surface area (TPSA) is 48.4 Å². The summed E-state index contributed by atoms with van der Waals surface area (Å²) in [4.78, 5) is 6.78. The molecule has 4 rings (SSSR count). The Morgan fingerprint density at radius 3 is 2.38 bits per heavy atom. The number of hydrogen-bond donors (Lipinski definition) is 2. The third-order valence-electron chi connectivity index (χ3n) is 5.80. The van der Waals surface area contributed by atoms with Crippen molar-refractivity contribution in [3.8, 4) is 16.9 Å². The highest BCUT2D eigenvalue weighted by atomic mass is 35.5. The number of nitrogens with one attached hydrogen (secondary N) is 1. The van der Waals surface area contributed by atoms with Crippen molar-refractivity contribution in [1.82, 2.24) is 9.88 Å². The van der Waals surface area contributed by atoms with Gasteiger partial charge in [0.1, 0.15) is 0 Å². The van der Waals surface area contributed by atoms with Crippen LogP contribution >= 0.6 is 23.2 Å². The van der Waals surface area contributed by atoms with E-state index < -0.39 is 0 Å². The molecule has 1 saturated carbocycles. The average Bonchev–Trinajstić information content (AvgIpc) is 2.72. The van der Waals surface area contributed by atoms with Crippen LogP contribution in [0.25, 0.3) is 22.0 Å².